The van der Waals surface area contributed by atoms with Crippen molar-refractivity contribution in [3.05, 3.63) is 34.1 Å². The molecule has 16 heavy (non-hydrogen) atoms. The molecule has 0 saturated heterocycles. The van der Waals surface area contributed by atoms with E-state index in [9.17, 15) is 14.3 Å². The van der Waals surface area contributed by atoms with Crippen LogP contribution in [0.4, 0.5) is 4.39 Å². The zero-order chi connectivity index (χ0) is 11.8. The first-order valence-corrected chi connectivity index (χ1v) is 6.05. The molecule has 0 bridgehead atoms. The predicted molar refractivity (Wildman–Crippen MR) is 61.8 cm³/mol. The first-order valence-electron chi connectivity index (χ1n) is 5.26. The van der Waals surface area contributed by atoms with Crippen LogP contribution in [0.25, 0.3) is 0 Å². The van der Waals surface area contributed by atoms with E-state index in [2.05, 4.69) is 15.9 Å². The van der Waals surface area contributed by atoms with Crippen LogP contribution in [0.3, 0.4) is 0 Å². The molecule has 4 heteroatoms. The van der Waals surface area contributed by atoms with Gasteiger partial charge in [0.1, 0.15) is 11.4 Å². The summed E-state index contributed by atoms with van der Waals surface area (Å²) >= 11 is 3.03. The zero-order valence-corrected chi connectivity index (χ0v) is 10.3. The van der Waals surface area contributed by atoms with Crippen LogP contribution in [-0.2, 0) is 0 Å². The van der Waals surface area contributed by atoms with E-state index < -0.39 is 17.2 Å². The quantitative estimate of drug-likeness (QED) is 0.849. The number of aliphatic hydroxyl groups is 1. The Morgan fingerprint density at radius 1 is 1.38 bits per heavy atom. The number of ketones is 1. The Balaban J connectivity index is 2.37. The van der Waals surface area contributed by atoms with Crippen LogP contribution in [0.15, 0.2) is 22.7 Å². The van der Waals surface area contributed by atoms with Gasteiger partial charge in [0.05, 0.1) is 10.0 Å². The third kappa shape index (κ3) is 1.92. The van der Waals surface area contributed by atoms with Crippen molar-refractivity contribution in [2.75, 3.05) is 0 Å². The molecule has 0 unspecified atom stereocenters. The van der Waals surface area contributed by atoms with Gasteiger partial charge in [-0.25, -0.2) is 4.39 Å². The molecule has 86 valence electrons. The minimum absolute atomic E-state index is 0.0289. The second-order valence-corrected chi connectivity index (χ2v) is 5.02. The molecule has 1 fully saturated rings. The van der Waals surface area contributed by atoms with Gasteiger partial charge in [-0.3, -0.25) is 4.79 Å². The Bertz CT molecular complexity index is 425. The minimum Gasteiger partial charge on any atom is -0.382 e. The number of carbonyl (C=O) groups excluding carboxylic acids is 1. The van der Waals surface area contributed by atoms with Gasteiger partial charge in [0.25, 0.3) is 0 Å². The van der Waals surface area contributed by atoms with E-state index in [1.54, 1.807) is 6.07 Å². The van der Waals surface area contributed by atoms with Gasteiger partial charge >= 0.3 is 0 Å². The van der Waals surface area contributed by atoms with Gasteiger partial charge in [-0.2, -0.15) is 0 Å². The highest BCUT2D eigenvalue weighted by atomic mass is 79.9. The second kappa shape index (κ2) is 4.26. The number of benzene rings is 1. The van der Waals surface area contributed by atoms with Gasteiger partial charge in [0.2, 0.25) is 0 Å². The molecule has 0 heterocycles. The molecular formula is C12H12BrFO2. The normalized spacial score (nSPS) is 18.7. The van der Waals surface area contributed by atoms with Crippen molar-refractivity contribution in [3.63, 3.8) is 0 Å². The highest BCUT2D eigenvalue weighted by Crippen LogP contribution is 2.33. The summed E-state index contributed by atoms with van der Waals surface area (Å²) in [6, 6.07) is 4.54. The lowest BCUT2D eigenvalue weighted by atomic mass is 9.91. The lowest BCUT2D eigenvalue weighted by Gasteiger charge is -2.20. The summed E-state index contributed by atoms with van der Waals surface area (Å²) in [5, 5.41) is 10.1. The Kier molecular flexibility index (Phi) is 3.13. The summed E-state index contributed by atoms with van der Waals surface area (Å²) in [7, 11) is 0. The van der Waals surface area contributed by atoms with Crippen molar-refractivity contribution in [2.45, 2.75) is 31.3 Å². The molecular weight excluding hydrogens is 275 g/mol. The SMILES string of the molecule is O=C(c1cccc(Br)c1F)C1(O)CCCC1. The molecule has 0 radical (unpaired) electrons. The fourth-order valence-corrected chi connectivity index (χ4v) is 2.48. The number of halogens is 2. The van der Waals surface area contributed by atoms with Crippen LogP contribution in [0, 0.1) is 5.82 Å². The van der Waals surface area contributed by atoms with Gasteiger partial charge in [0.15, 0.2) is 5.78 Å². The molecule has 0 aromatic heterocycles. The van der Waals surface area contributed by atoms with E-state index >= 15 is 0 Å². The number of Topliss-reactive ketones (excluding diaryl/α,β-unsaturated/α-hetero) is 1. The highest BCUT2D eigenvalue weighted by Gasteiger charge is 2.40. The molecule has 0 amide bonds. The maximum Gasteiger partial charge on any atom is 0.197 e. The van der Waals surface area contributed by atoms with Crippen molar-refractivity contribution < 1.29 is 14.3 Å². The molecule has 1 aromatic carbocycles. The third-order valence-corrected chi connectivity index (χ3v) is 3.66. The molecule has 1 aliphatic rings. The first-order chi connectivity index (χ1) is 7.54. The standard InChI is InChI=1S/C12H12BrFO2/c13-9-5-3-4-8(10(9)14)11(15)12(16)6-1-2-7-12/h3-5,16H,1-2,6-7H2. The van der Waals surface area contributed by atoms with E-state index in [0.717, 1.165) is 12.8 Å². The molecule has 1 aliphatic carbocycles. The monoisotopic (exact) mass is 286 g/mol. The van der Waals surface area contributed by atoms with Crippen LogP contribution in [0.1, 0.15) is 36.0 Å². The highest BCUT2D eigenvalue weighted by molar-refractivity contribution is 9.10. The van der Waals surface area contributed by atoms with Crippen molar-refractivity contribution >= 4 is 21.7 Å². The van der Waals surface area contributed by atoms with Crippen molar-refractivity contribution in [2.24, 2.45) is 0 Å². The third-order valence-electron chi connectivity index (χ3n) is 3.05. The summed E-state index contributed by atoms with van der Waals surface area (Å²) in [5.41, 5.74) is -1.39. The topological polar surface area (TPSA) is 37.3 Å². The average Bonchev–Trinajstić information content (AvgIpc) is 2.70. The van der Waals surface area contributed by atoms with E-state index in [1.165, 1.54) is 12.1 Å². The van der Waals surface area contributed by atoms with Crippen LogP contribution >= 0.6 is 15.9 Å². The van der Waals surface area contributed by atoms with Gasteiger partial charge < -0.3 is 5.11 Å². The first kappa shape index (κ1) is 11.7. The molecule has 0 atom stereocenters. The van der Waals surface area contributed by atoms with Crippen LogP contribution < -0.4 is 0 Å². The van der Waals surface area contributed by atoms with Gasteiger partial charge in [-0.15, -0.1) is 0 Å². The molecule has 1 saturated carbocycles. The number of hydrogen-bond acceptors (Lipinski definition) is 2. The Morgan fingerprint density at radius 3 is 2.62 bits per heavy atom. The van der Waals surface area contributed by atoms with Crippen molar-refractivity contribution in [1.29, 1.82) is 0 Å². The lowest BCUT2D eigenvalue weighted by Crippen LogP contribution is -2.35. The van der Waals surface area contributed by atoms with Crippen molar-refractivity contribution in [1.82, 2.24) is 0 Å². The van der Waals surface area contributed by atoms with Gasteiger partial charge in [-0.1, -0.05) is 6.07 Å². The Morgan fingerprint density at radius 2 is 2.00 bits per heavy atom. The Labute approximate surface area is 102 Å². The number of carbonyl (C=O) groups is 1. The van der Waals surface area contributed by atoms with Crippen molar-refractivity contribution in [3.8, 4) is 0 Å². The van der Waals surface area contributed by atoms with Crippen LogP contribution in [-0.4, -0.2) is 16.5 Å². The fraction of sp³-hybridized carbons (Fsp3) is 0.417. The van der Waals surface area contributed by atoms with Crippen LogP contribution in [0.2, 0.25) is 0 Å². The second-order valence-electron chi connectivity index (χ2n) is 4.17. The zero-order valence-electron chi connectivity index (χ0n) is 8.67. The summed E-state index contributed by atoms with van der Waals surface area (Å²) in [6.45, 7) is 0. The smallest absolute Gasteiger partial charge is 0.197 e. The van der Waals surface area contributed by atoms with E-state index in [0.29, 0.717) is 12.8 Å². The van der Waals surface area contributed by atoms with Gasteiger partial charge in [0, 0.05) is 0 Å². The summed E-state index contributed by atoms with van der Waals surface area (Å²) < 4.78 is 13.9. The number of hydrogen-bond donors (Lipinski definition) is 1. The largest absolute Gasteiger partial charge is 0.382 e. The molecule has 2 nitrogen and oxygen atoms in total. The molecule has 1 aromatic rings. The molecule has 0 spiro atoms. The number of rotatable bonds is 2. The predicted octanol–water partition coefficient (Wildman–Crippen LogP) is 3.08. The maximum atomic E-state index is 13.7. The van der Waals surface area contributed by atoms with E-state index in [4.69, 9.17) is 0 Å². The molecule has 0 aliphatic heterocycles. The average molecular weight is 287 g/mol. The summed E-state index contributed by atoms with van der Waals surface area (Å²) in [4.78, 5) is 12.0. The van der Waals surface area contributed by atoms with E-state index in [1.807, 2.05) is 0 Å². The summed E-state index contributed by atoms with van der Waals surface area (Å²) in [6.07, 6.45) is 2.49. The van der Waals surface area contributed by atoms with E-state index in [-0.39, 0.29) is 10.0 Å². The van der Waals surface area contributed by atoms with Gasteiger partial charge in [-0.05, 0) is 53.7 Å². The molecule has 2 rings (SSSR count). The lowest BCUT2D eigenvalue weighted by molar-refractivity contribution is 0.0349. The van der Waals surface area contributed by atoms with Crippen LogP contribution in [0.5, 0.6) is 0 Å². The Hall–Kier alpha value is -0.740. The molecule has 1 N–H and O–H groups in total. The minimum atomic E-state index is -1.36. The fourth-order valence-electron chi connectivity index (χ4n) is 2.12. The maximum absolute atomic E-state index is 13.7. The summed E-state index contributed by atoms with van der Waals surface area (Å²) in [5.74, 6) is -1.09.